The van der Waals surface area contributed by atoms with Crippen LogP contribution in [-0.2, 0) is 11.3 Å². The lowest BCUT2D eigenvalue weighted by atomic mass is 10.1. The van der Waals surface area contributed by atoms with Crippen molar-refractivity contribution in [3.63, 3.8) is 0 Å². The van der Waals surface area contributed by atoms with Gasteiger partial charge >= 0.3 is 0 Å². The second kappa shape index (κ2) is 7.39. The maximum atomic E-state index is 5.42. The molecule has 0 spiro atoms. The molecule has 0 saturated carbocycles. The molecule has 1 saturated heterocycles. The molecule has 1 fully saturated rings. The summed E-state index contributed by atoms with van der Waals surface area (Å²) < 4.78 is 10.8. The third-order valence-corrected chi connectivity index (χ3v) is 3.32. The summed E-state index contributed by atoms with van der Waals surface area (Å²) in [6.45, 7) is 6.62. The van der Waals surface area contributed by atoms with Gasteiger partial charge in [-0.3, -0.25) is 0 Å². The lowest BCUT2D eigenvalue weighted by molar-refractivity contribution is 0.184. The number of rotatable bonds is 7. The maximum Gasteiger partial charge on any atom is 0.119 e. The normalized spacial score (nSPS) is 19.1. The smallest absolute Gasteiger partial charge is 0.119 e. The van der Waals surface area contributed by atoms with Crippen molar-refractivity contribution < 1.29 is 9.47 Å². The molecule has 3 nitrogen and oxygen atoms in total. The molecule has 1 unspecified atom stereocenters. The molecule has 100 valence electrons. The Morgan fingerprint density at radius 3 is 2.83 bits per heavy atom. The van der Waals surface area contributed by atoms with Crippen molar-refractivity contribution in [3.8, 4) is 5.75 Å². The van der Waals surface area contributed by atoms with Crippen LogP contribution in [0, 0.1) is 5.92 Å². The van der Waals surface area contributed by atoms with E-state index in [0.29, 0.717) is 0 Å². The minimum absolute atomic E-state index is 0.723. The Balaban J connectivity index is 1.63. The Bertz CT molecular complexity index is 331. The van der Waals surface area contributed by atoms with E-state index in [1.54, 1.807) is 0 Å². The predicted octanol–water partition coefficient (Wildman–Crippen LogP) is 2.60. The van der Waals surface area contributed by atoms with E-state index in [9.17, 15) is 0 Å². The molecule has 1 aliphatic heterocycles. The summed E-state index contributed by atoms with van der Waals surface area (Å²) in [5, 5.41) is 3.48. The summed E-state index contributed by atoms with van der Waals surface area (Å²) in [5.41, 5.74) is 1.31. The summed E-state index contributed by atoms with van der Waals surface area (Å²) in [6.07, 6.45) is 2.45. The number of nitrogens with one attached hydrogen (secondary N) is 1. The molecule has 0 aromatic heterocycles. The molecule has 1 aliphatic rings. The van der Waals surface area contributed by atoms with E-state index in [2.05, 4.69) is 17.4 Å². The van der Waals surface area contributed by atoms with Gasteiger partial charge < -0.3 is 14.8 Å². The largest absolute Gasteiger partial charge is 0.494 e. The van der Waals surface area contributed by atoms with Gasteiger partial charge in [-0.15, -0.1) is 0 Å². The SMILES string of the molecule is CCOc1ccc(CNCCC2CCOC2)cc1. The number of benzene rings is 1. The zero-order valence-electron chi connectivity index (χ0n) is 11.2. The molecule has 3 heteroatoms. The van der Waals surface area contributed by atoms with E-state index < -0.39 is 0 Å². The third-order valence-electron chi connectivity index (χ3n) is 3.32. The second-order valence-electron chi connectivity index (χ2n) is 4.77. The average molecular weight is 249 g/mol. The van der Waals surface area contributed by atoms with E-state index in [1.165, 1.54) is 18.4 Å². The lowest BCUT2D eigenvalue weighted by Crippen LogP contribution is -2.17. The molecule has 1 aromatic carbocycles. The van der Waals surface area contributed by atoms with E-state index >= 15 is 0 Å². The molecule has 1 N–H and O–H groups in total. The van der Waals surface area contributed by atoms with Gasteiger partial charge in [0.05, 0.1) is 6.61 Å². The van der Waals surface area contributed by atoms with Crippen molar-refractivity contribution in [2.45, 2.75) is 26.3 Å². The fraction of sp³-hybridized carbons (Fsp3) is 0.600. The highest BCUT2D eigenvalue weighted by atomic mass is 16.5. The molecule has 1 atom stereocenters. The number of hydrogen-bond donors (Lipinski definition) is 1. The highest BCUT2D eigenvalue weighted by molar-refractivity contribution is 5.27. The molecule has 0 amide bonds. The van der Waals surface area contributed by atoms with E-state index in [0.717, 1.165) is 44.6 Å². The fourth-order valence-electron chi connectivity index (χ4n) is 2.22. The van der Waals surface area contributed by atoms with Gasteiger partial charge in [-0.05, 0) is 49.9 Å². The average Bonchev–Trinajstić information content (AvgIpc) is 2.90. The molecule has 2 rings (SSSR count). The van der Waals surface area contributed by atoms with Crippen LogP contribution in [0.5, 0.6) is 5.75 Å². The maximum absolute atomic E-state index is 5.42. The van der Waals surface area contributed by atoms with E-state index in [-0.39, 0.29) is 0 Å². The summed E-state index contributed by atoms with van der Waals surface area (Å²) in [7, 11) is 0. The van der Waals surface area contributed by atoms with Crippen LogP contribution in [0.2, 0.25) is 0 Å². The van der Waals surface area contributed by atoms with Gasteiger partial charge in [0.15, 0.2) is 0 Å². The Labute approximate surface area is 109 Å². The zero-order valence-corrected chi connectivity index (χ0v) is 11.2. The Morgan fingerprint density at radius 2 is 2.17 bits per heavy atom. The fourth-order valence-corrected chi connectivity index (χ4v) is 2.22. The van der Waals surface area contributed by atoms with Crippen molar-refractivity contribution in [2.75, 3.05) is 26.4 Å². The first kappa shape index (κ1) is 13.4. The molecular weight excluding hydrogens is 226 g/mol. The first-order valence-corrected chi connectivity index (χ1v) is 6.88. The van der Waals surface area contributed by atoms with Crippen LogP contribution in [-0.4, -0.2) is 26.4 Å². The van der Waals surface area contributed by atoms with Gasteiger partial charge in [-0.2, -0.15) is 0 Å². The van der Waals surface area contributed by atoms with Gasteiger partial charge in [0.1, 0.15) is 5.75 Å². The van der Waals surface area contributed by atoms with Crippen LogP contribution in [0.25, 0.3) is 0 Å². The molecular formula is C15H23NO2. The Morgan fingerprint density at radius 1 is 1.33 bits per heavy atom. The first-order chi connectivity index (χ1) is 8.88. The van der Waals surface area contributed by atoms with Crippen LogP contribution in [0.1, 0.15) is 25.3 Å². The zero-order chi connectivity index (χ0) is 12.6. The van der Waals surface area contributed by atoms with Crippen LogP contribution in [0.15, 0.2) is 24.3 Å². The van der Waals surface area contributed by atoms with E-state index in [4.69, 9.17) is 9.47 Å². The van der Waals surface area contributed by atoms with Gasteiger partial charge in [0, 0.05) is 19.8 Å². The van der Waals surface area contributed by atoms with Gasteiger partial charge in [-0.25, -0.2) is 0 Å². The molecule has 0 radical (unpaired) electrons. The molecule has 0 bridgehead atoms. The van der Waals surface area contributed by atoms with Crippen LogP contribution in [0.4, 0.5) is 0 Å². The number of ether oxygens (including phenoxy) is 2. The quantitative estimate of drug-likeness (QED) is 0.753. The Kier molecular flexibility index (Phi) is 5.49. The van der Waals surface area contributed by atoms with Gasteiger partial charge in [0.2, 0.25) is 0 Å². The molecule has 1 aromatic rings. The van der Waals surface area contributed by atoms with Crippen LogP contribution < -0.4 is 10.1 Å². The molecule has 18 heavy (non-hydrogen) atoms. The second-order valence-corrected chi connectivity index (χ2v) is 4.77. The van der Waals surface area contributed by atoms with E-state index in [1.807, 2.05) is 19.1 Å². The summed E-state index contributed by atoms with van der Waals surface area (Å²) in [5.74, 6) is 1.71. The summed E-state index contributed by atoms with van der Waals surface area (Å²) in [6, 6.07) is 8.31. The summed E-state index contributed by atoms with van der Waals surface area (Å²) >= 11 is 0. The third kappa shape index (κ3) is 4.31. The van der Waals surface area contributed by atoms with Crippen molar-refractivity contribution >= 4 is 0 Å². The van der Waals surface area contributed by atoms with Gasteiger partial charge in [-0.1, -0.05) is 12.1 Å². The van der Waals surface area contributed by atoms with Crippen molar-refractivity contribution in [2.24, 2.45) is 5.92 Å². The highest BCUT2D eigenvalue weighted by Gasteiger charge is 2.14. The van der Waals surface area contributed by atoms with Crippen LogP contribution in [0.3, 0.4) is 0 Å². The van der Waals surface area contributed by atoms with Gasteiger partial charge in [0.25, 0.3) is 0 Å². The molecule has 1 heterocycles. The minimum Gasteiger partial charge on any atom is -0.494 e. The number of hydrogen-bond acceptors (Lipinski definition) is 3. The predicted molar refractivity (Wildman–Crippen MR) is 72.9 cm³/mol. The van der Waals surface area contributed by atoms with Crippen molar-refractivity contribution in [3.05, 3.63) is 29.8 Å². The first-order valence-electron chi connectivity index (χ1n) is 6.88. The van der Waals surface area contributed by atoms with Crippen molar-refractivity contribution in [1.29, 1.82) is 0 Å². The molecule has 0 aliphatic carbocycles. The van der Waals surface area contributed by atoms with Crippen molar-refractivity contribution in [1.82, 2.24) is 5.32 Å². The topological polar surface area (TPSA) is 30.5 Å². The monoisotopic (exact) mass is 249 g/mol. The summed E-state index contributed by atoms with van der Waals surface area (Å²) in [4.78, 5) is 0. The Hall–Kier alpha value is -1.06. The highest BCUT2D eigenvalue weighted by Crippen LogP contribution is 2.15. The minimum atomic E-state index is 0.723. The standard InChI is InChI=1S/C15H23NO2/c1-2-18-15-5-3-13(4-6-15)11-16-9-7-14-8-10-17-12-14/h3-6,14,16H,2,7-12H2,1H3. The van der Waals surface area contributed by atoms with Crippen LogP contribution >= 0.6 is 0 Å². The lowest BCUT2D eigenvalue weighted by Gasteiger charge is -2.09.